The Labute approximate surface area is 823 Å². The van der Waals surface area contributed by atoms with Gasteiger partial charge in [-0.3, -0.25) is 0 Å². The molecule has 0 aliphatic heterocycles. The highest BCUT2D eigenvalue weighted by Gasteiger charge is 2.28. The topological polar surface area (TPSA) is 157 Å². The van der Waals surface area contributed by atoms with E-state index in [9.17, 15) is 0 Å². The number of para-hydroxylation sites is 4. The predicted molar refractivity (Wildman–Crippen MR) is 588 cm³/mol. The summed E-state index contributed by atoms with van der Waals surface area (Å²) >= 11 is 0. The van der Waals surface area contributed by atoms with Gasteiger partial charge in [0.2, 0.25) is 0 Å². The summed E-state index contributed by atoms with van der Waals surface area (Å²) in [6, 6.07) is 166. The molecule has 0 bridgehead atoms. The van der Waals surface area contributed by atoms with Crippen LogP contribution >= 0.6 is 0 Å². The summed E-state index contributed by atoms with van der Waals surface area (Å²) in [5, 5.41) is 21.1. The third-order valence-corrected chi connectivity index (χ3v) is 27.9. The van der Waals surface area contributed by atoms with Gasteiger partial charge in [0.1, 0.15) is 22.3 Å². The van der Waals surface area contributed by atoms with Gasteiger partial charge in [0.05, 0.1) is 44.5 Å². The van der Waals surface area contributed by atoms with Gasteiger partial charge in [-0.05, 0) is 172 Å². The molecular formula is C130H79N11O3. The molecule has 0 unspecified atom stereocenters. The summed E-state index contributed by atoms with van der Waals surface area (Å²) in [6.45, 7) is 0. The van der Waals surface area contributed by atoms with Crippen molar-refractivity contribution < 1.29 is 13.3 Å². The summed E-state index contributed by atoms with van der Waals surface area (Å²) in [5.74, 6) is 4.53. The largest absolute Gasteiger partial charge is 0.456 e. The van der Waals surface area contributed by atoms with Crippen molar-refractivity contribution in [3.05, 3.63) is 479 Å². The van der Waals surface area contributed by atoms with Gasteiger partial charge in [0, 0.05) is 132 Å². The zero-order valence-corrected chi connectivity index (χ0v) is 77.3. The molecule has 0 saturated carbocycles. The smallest absolute Gasteiger partial charge is 0.164 e. The van der Waals surface area contributed by atoms with Gasteiger partial charge in [0.15, 0.2) is 51.9 Å². The summed E-state index contributed by atoms with van der Waals surface area (Å²) < 4.78 is 26.7. The number of aromatic nitrogens is 11. The van der Waals surface area contributed by atoms with Crippen molar-refractivity contribution in [3.63, 3.8) is 0 Å². The van der Waals surface area contributed by atoms with Crippen LogP contribution in [0.5, 0.6) is 0 Å². The zero-order valence-electron chi connectivity index (χ0n) is 77.3. The maximum absolute atomic E-state index is 6.73. The highest BCUT2D eigenvalue weighted by molar-refractivity contribution is 6.35. The van der Waals surface area contributed by atoms with Crippen LogP contribution in [0.2, 0.25) is 0 Å². The van der Waals surface area contributed by atoms with Gasteiger partial charge in [-0.15, -0.1) is 0 Å². The number of nitrogens with zero attached hydrogens (tertiary/aromatic N) is 11. The van der Waals surface area contributed by atoms with E-state index >= 15 is 0 Å². The van der Waals surface area contributed by atoms with Crippen LogP contribution in [0.25, 0.3) is 283 Å². The minimum absolute atomic E-state index is 0.627. The molecule has 14 heteroatoms. The Bertz CT molecular complexity index is 9970. The SMILES string of the molecule is c1ccc(-c2cc(-c3ccccc3)nc(-c3ccc(-n4c5ccccc5c5c6ccccc6c6c7ccccc7oc6c54)cc3)n2)cc1.c1ccc(-c2nc(-c3ccccc3)nc(-c3ccc(-n4c5cc6ccccc6cc5c5cc6oc7ccccc7c6cc54)cc3)n2)cc1.c1ccc(-c2nc(-c3ccccc3)nc(-c3ccc(-n4c5ccc6ccccc6c5c5ccc6c7ccccc7oc6c54)cc3)n2)cc1. The third-order valence-electron chi connectivity index (χ3n) is 27.9. The van der Waals surface area contributed by atoms with Gasteiger partial charge in [-0.1, -0.05) is 340 Å². The van der Waals surface area contributed by atoms with Crippen LogP contribution in [0.3, 0.4) is 0 Å². The fraction of sp³-hybridized carbons (Fsp3) is 0. The lowest BCUT2D eigenvalue weighted by Crippen LogP contribution is -2.00. The molecule has 0 radical (unpaired) electrons. The molecule has 0 saturated heterocycles. The van der Waals surface area contributed by atoms with Crippen LogP contribution in [0, 0.1) is 0 Å². The van der Waals surface area contributed by atoms with Crippen LogP contribution in [0.4, 0.5) is 0 Å². The zero-order chi connectivity index (χ0) is 94.8. The molecule has 0 amide bonds. The molecule has 9 aromatic heterocycles. The van der Waals surface area contributed by atoms with Crippen molar-refractivity contribution in [2.24, 2.45) is 0 Å². The van der Waals surface area contributed by atoms with E-state index in [0.29, 0.717) is 40.8 Å². The quantitative estimate of drug-likeness (QED) is 0.115. The molecule has 672 valence electrons. The van der Waals surface area contributed by atoms with Crippen molar-refractivity contribution in [2.45, 2.75) is 0 Å². The summed E-state index contributed by atoms with van der Waals surface area (Å²) in [7, 11) is 0. The number of benzene rings is 21. The van der Waals surface area contributed by atoms with Gasteiger partial charge < -0.3 is 27.0 Å². The van der Waals surface area contributed by atoms with E-state index in [1.165, 1.54) is 53.9 Å². The Hall–Kier alpha value is -19.7. The molecule has 0 spiro atoms. The lowest BCUT2D eigenvalue weighted by molar-refractivity contribution is 0.669. The fourth-order valence-electron chi connectivity index (χ4n) is 21.2. The Morgan fingerprint density at radius 3 is 1.02 bits per heavy atom. The summed E-state index contributed by atoms with van der Waals surface area (Å²) in [5.41, 5.74) is 25.6. The van der Waals surface area contributed by atoms with Gasteiger partial charge in [0.25, 0.3) is 0 Å². The highest BCUT2D eigenvalue weighted by Crippen LogP contribution is 2.49. The molecular weight excluding hydrogens is 1760 g/mol. The van der Waals surface area contributed by atoms with Crippen molar-refractivity contribution >= 4 is 164 Å². The van der Waals surface area contributed by atoms with Crippen molar-refractivity contribution in [1.82, 2.24) is 53.6 Å². The van der Waals surface area contributed by atoms with Gasteiger partial charge in [-0.2, -0.15) is 0 Å². The molecule has 30 rings (SSSR count). The number of hydrogen-bond donors (Lipinski definition) is 0. The van der Waals surface area contributed by atoms with Crippen LogP contribution in [0.15, 0.2) is 492 Å². The van der Waals surface area contributed by atoms with Crippen molar-refractivity contribution in [3.8, 4) is 119 Å². The first kappa shape index (κ1) is 82.6. The first-order valence-electron chi connectivity index (χ1n) is 48.2. The van der Waals surface area contributed by atoms with Gasteiger partial charge >= 0.3 is 0 Å². The van der Waals surface area contributed by atoms with E-state index < -0.39 is 0 Å². The first-order valence-corrected chi connectivity index (χ1v) is 48.2. The number of furan rings is 3. The van der Waals surface area contributed by atoms with Crippen LogP contribution in [0.1, 0.15) is 0 Å². The molecule has 0 atom stereocenters. The first-order chi connectivity index (χ1) is 71.4. The maximum atomic E-state index is 6.73. The Balaban J connectivity index is 0.000000105. The molecule has 30 aromatic rings. The van der Waals surface area contributed by atoms with E-state index in [-0.39, 0.29) is 0 Å². The predicted octanol–water partition coefficient (Wildman–Crippen LogP) is 33.7. The molecule has 144 heavy (non-hydrogen) atoms. The third kappa shape index (κ3) is 14.1. The van der Waals surface area contributed by atoms with E-state index in [4.69, 9.17) is 53.1 Å². The Morgan fingerprint density at radius 1 is 0.153 bits per heavy atom. The second-order valence-corrected chi connectivity index (χ2v) is 36.3. The minimum Gasteiger partial charge on any atom is -0.456 e. The number of fused-ring (bicyclic) bond motifs is 26. The Morgan fingerprint density at radius 2 is 0.507 bits per heavy atom. The second-order valence-electron chi connectivity index (χ2n) is 36.3. The Kier molecular flexibility index (Phi) is 19.6. The van der Waals surface area contributed by atoms with E-state index in [0.717, 1.165) is 188 Å². The fourth-order valence-corrected chi connectivity index (χ4v) is 21.2. The number of rotatable bonds is 12. The van der Waals surface area contributed by atoms with Crippen LogP contribution in [-0.2, 0) is 0 Å². The van der Waals surface area contributed by atoms with Crippen LogP contribution < -0.4 is 0 Å². The average molecular weight is 1840 g/mol. The second kappa shape index (κ2) is 34.2. The minimum atomic E-state index is 0.627. The lowest BCUT2D eigenvalue weighted by Gasteiger charge is -2.12. The summed E-state index contributed by atoms with van der Waals surface area (Å²) in [6.07, 6.45) is 0. The highest BCUT2D eigenvalue weighted by atomic mass is 16.3. The van der Waals surface area contributed by atoms with E-state index in [1.807, 2.05) is 188 Å². The molecule has 0 aliphatic carbocycles. The molecule has 0 N–H and O–H groups in total. The van der Waals surface area contributed by atoms with Gasteiger partial charge in [-0.25, -0.2) is 39.9 Å². The molecule has 14 nitrogen and oxygen atoms in total. The van der Waals surface area contributed by atoms with E-state index in [2.05, 4.69) is 305 Å². The normalized spacial score (nSPS) is 11.8. The van der Waals surface area contributed by atoms with E-state index in [1.54, 1.807) is 0 Å². The molecule has 21 aromatic carbocycles. The molecule has 0 fully saturated rings. The monoisotopic (exact) mass is 1840 g/mol. The average Bonchev–Trinajstić information content (AvgIpc) is 1.54. The standard InChI is InChI=1S/C44H27N3O.2C43H26N4O/c1-3-13-28(14-4-1)36-27-37(29-15-5-2-6-16-29)46-44(45-36)30-23-25-31(26-24-30)47-38-21-11-9-19-34(38)40-32-17-7-8-18-33(32)41-35-20-10-12-22-39(35)48-43(41)42(40)47;1-3-12-28(13-4-1)41-44-42(29-14-5-2-6-15-29)46-43(45-41)30-19-22-31(23-20-30)47-36-26-21-27-11-7-8-16-32(27)38(36)35-25-24-34-33-17-9-10-18-37(33)48-40(34)39(35)47;1-3-11-27(12-4-1)41-44-42(28-13-5-2-6-14-28)46-43(45-41)29-19-21-32(22-20-29)47-37-24-31-16-8-7-15-30(31)23-34(37)35-26-40-36(25-38(35)47)33-17-9-10-18-39(33)48-40/h1-27H;2*1-26H. The maximum Gasteiger partial charge on any atom is 0.164 e. The molecule has 9 heterocycles. The molecule has 0 aliphatic rings. The van der Waals surface area contributed by atoms with Crippen LogP contribution in [-0.4, -0.2) is 53.6 Å². The lowest BCUT2D eigenvalue weighted by atomic mass is 9.99. The number of hydrogen-bond acceptors (Lipinski definition) is 11. The summed E-state index contributed by atoms with van der Waals surface area (Å²) in [4.78, 5) is 39.6. The van der Waals surface area contributed by atoms with Crippen molar-refractivity contribution in [2.75, 3.05) is 0 Å². The van der Waals surface area contributed by atoms with Crippen molar-refractivity contribution in [1.29, 1.82) is 0 Å².